The van der Waals surface area contributed by atoms with Gasteiger partial charge in [0, 0.05) is 49.2 Å². The highest BCUT2D eigenvalue weighted by molar-refractivity contribution is 5.99. The van der Waals surface area contributed by atoms with E-state index < -0.39 is 0 Å². The summed E-state index contributed by atoms with van der Waals surface area (Å²) in [5.74, 6) is 0.335. The van der Waals surface area contributed by atoms with E-state index in [1.807, 2.05) is 48.2 Å². The zero-order valence-electron chi connectivity index (χ0n) is 17.4. The summed E-state index contributed by atoms with van der Waals surface area (Å²) in [4.78, 5) is 29.4. The molecule has 0 atom stereocenters. The summed E-state index contributed by atoms with van der Waals surface area (Å²) in [7, 11) is 0. The first-order valence-corrected chi connectivity index (χ1v) is 10.1. The van der Waals surface area contributed by atoms with Gasteiger partial charge in [0.1, 0.15) is 0 Å². The molecule has 150 valence electrons. The number of hydrogen-bond donors (Lipinski definition) is 0. The Balaban J connectivity index is 1.54. The number of Topliss-reactive ketones (excluding diaryl/α,β-unsaturated/α-hetero) is 1. The standard InChI is InChI=1S/C23H31N3O2/c1-17(2)26-18(3)14-21(19(26)4)22(27)16-24-10-12-25(13-11-24)23(28)15-20-8-6-5-7-9-20/h5-9,14,17H,10-13,15-16H2,1-4H3. The maximum atomic E-state index is 12.8. The van der Waals surface area contributed by atoms with Crippen LogP contribution in [-0.4, -0.2) is 58.8 Å². The van der Waals surface area contributed by atoms with Gasteiger partial charge in [-0.25, -0.2) is 0 Å². The minimum atomic E-state index is 0.164. The lowest BCUT2D eigenvalue weighted by molar-refractivity contribution is -0.132. The number of amides is 1. The van der Waals surface area contributed by atoms with Crippen LogP contribution >= 0.6 is 0 Å². The van der Waals surface area contributed by atoms with E-state index in [1.54, 1.807) is 0 Å². The molecule has 3 rings (SSSR count). The Morgan fingerprint density at radius 3 is 2.21 bits per heavy atom. The lowest BCUT2D eigenvalue weighted by atomic mass is 10.1. The molecule has 1 fully saturated rings. The molecule has 28 heavy (non-hydrogen) atoms. The minimum Gasteiger partial charge on any atom is -0.346 e. The number of hydrogen-bond acceptors (Lipinski definition) is 3. The molecule has 2 aromatic rings. The molecule has 1 aliphatic rings. The van der Waals surface area contributed by atoms with Crippen LogP contribution in [-0.2, 0) is 11.2 Å². The van der Waals surface area contributed by atoms with Crippen LogP contribution in [0.4, 0.5) is 0 Å². The van der Waals surface area contributed by atoms with Crippen molar-refractivity contribution in [1.82, 2.24) is 14.4 Å². The molecule has 5 heteroatoms. The molecule has 1 amide bonds. The Bertz CT molecular complexity index is 831. The predicted molar refractivity (Wildman–Crippen MR) is 112 cm³/mol. The van der Waals surface area contributed by atoms with Gasteiger partial charge in [0.15, 0.2) is 5.78 Å². The van der Waals surface area contributed by atoms with Crippen molar-refractivity contribution in [2.75, 3.05) is 32.7 Å². The van der Waals surface area contributed by atoms with Crippen LogP contribution < -0.4 is 0 Å². The van der Waals surface area contributed by atoms with Gasteiger partial charge < -0.3 is 9.47 Å². The SMILES string of the molecule is Cc1cc(C(=O)CN2CCN(C(=O)Cc3ccccc3)CC2)c(C)n1C(C)C. The number of aryl methyl sites for hydroxylation is 1. The van der Waals surface area contributed by atoms with E-state index in [-0.39, 0.29) is 11.7 Å². The third kappa shape index (κ3) is 4.53. The number of piperazine rings is 1. The highest BCUT2D eigenvalue weighted by Crippen LogP contribution is 2.21. The maximum Gasteiger partial charge on any atom is 0.227 e. The molecule has 1 aromatic carbocycles. The second-order valence-electron chi connectivity index (χ2n) is 7.99. The van der Waals surface area contributed by atoms with Crippen LogP contribution in [0.2, 0.25) is 0 Å². The monoisotopic (exact) mass is 381 g/mol. The third-order valence-electron chi connectivity index (χ3n) is 5.59. The largest absolute Gasteiger partial charge is 0.346 e. The highest BCUT2D eigenvalue weighted by atomic mass is 16.2. The van der Waals surface area contributed by atoms with Crippen LogP contribution in [0.25, 0.3) is 0 Å². The lowest BCUT2D eigenvalue weighted by Gasteiger charge is -2.34. The maximum absolute atomic E-state index is 12.8. The van der Waals surface area contributed by atoms with Crippen molar-refractivity contribution in [2.24, 2.45) is 0 Å². The Kier molecular flexibility index (Phi) is 6.35. The number of aromatic nitrogens is 1. The summed E-state index contributed by atoms with van der Waals surface area (Å²) in [5, 5.41) is 0. The molecule has 0 N–H and O–H groups in total. The van der Waals surface area contributed by atoms with Crippen molar-refractivity contribution in [1.29, 1.82) is 0 Å². The summed E-state index contributed by atoms with van der Waals surface area (Å²) < 4.78 is 2.22. The molecular weight excluding hydrogens is 350 g/mol. The zero-order valence-corrected chi connectivity index (χ0v) is 17.4. The Labute approximate surface area is 167 Å². The molecule has 0 unspecified atom stereocenters. The summed E-state index contributed by atoms with van der Waals surface area (Å²) in [6.07, 6.45) is 0.445. The normalized spacial score (nSPS) is 15.2. The Morgan fingerprint density at radius 2 is 1.64 bits per heavy atom. The van der Waals surface area contributed by atoms with Gasteiger partial charge in [0.2, 0.25) is 5.91 Å². The van der Waals surface area contributed by atoms with Crippen LogP contribution in [0.15, 0.2) is 36.4 Å². The Morgan fingerprint density at radius 1 is 1.00 bits per heavy atom. The first kappa shape index (κ1) is 20.3. The topological polar surface area (TPSA) is 45.6 Å². The predicted octanol–water partition coefficient (Wildman–Crippen LogP) is 3.26. The van der Waals surface area contributed by atoms with Crippen molar-refractivity contribution >= 4 is 11.7 Å². The molecule has 2 heterocycles. The molecular formula is C23H31N3O2. The second kappa shape index (κ2) is 8.74. The number of carbonyl (C=O) groups excluding carboxylic acids is 2. The summed E-state index contributed by atoms with van der Waals surface area (Å²) in [6.45, 7) is 11.6. The third-order valence-corrected chi connectivity index (χ3v) is 5.59. The number of carbonyl (C=O) groups is 2. The van der Waals surface area contributed by atoms with Crippen LogP contribution in [0.5, 0.6) is 0 Å². The minimum absolute atomic E-state index is 0.164. The smallest absolute Gasteiger partial charge is 0.227 e. The molecule has 0 spiro atoms. The molecule has 1 saturated heterocycles. The molecule has 1 aliphatic heterocycles. The van der Waals surface area contributed by atoms with E-state index in [1.165, 1.54) is 0 Å². The fraction of sp³-hybridized carbons (Fsp3) is 0.478. The fourth-order valence-electron chi connectivity index (χ4n) is 4.18. The molecule has 5 nitrogen and oxygen atoms in total. The van der Waals surface area contributed by atoms with E-state index in [9.17, 15) is 9.59 Å². The van der Waals surface area contributed by atoms with Gasteiger partial charge in [-0.1, -0.05) is 30.3 Å². The summed E-state index contributed by atoms with van der Waals surface area (Å²) in [6, 6.07) is 12.2. The lowest BCUT2D eigenvalue weighted by Crippen LogP contribution is -2.50. The molecule has 0 bridgehead atoms. The van der Waals surface area contributed by atoms with E-state index >= 15 is 0 Å². The second-order valence-corrected chi connectivity index (χ2v) is 7.99. The van der Waals surface area contributed by atoms with Crippen molar-refractivity contribution < 1.29 is 9.59 Å². The van der Waals surface area contributed by atoms with Crippen molar-refractivity contribution in [3.63, 3.8) is 0 Å². The quantitative estimate of drug-likeness (QED) is 0.722. The molecule has 0 aliphatic carbocycles. The van der Waals surface area contributed by atoms with E-state index in [0.29, 0.717) is 32.1 Å². The van der Waals surface area contributed by atoms with Crippen LogP contribution in [0, 0.1) is 13.8 Å². The van der Waals surface area contributed by atoms with E-state index in [2.05, 4.69) is 30.2 Å². The van der Waals surface area contributed by atoms with Crippen LogP contribution in [0.3, 0.4) is 0 Å². The molecule has 1 aromatic heterocycles. The number of ketones is 1. The number of nitrogens with zero attached hydrogens (tertiary/aromatic N) is 3. The number of benzene rings is 1. The number of rotatable bonds is 6. The van der Waals surface area contributed by atoms with Crippen molar-refractivity contribution in [3.05, 3.63) is 58.9 Å². The van der Waals surface area contributed by atoms with Gasteiger partial charge in [0.05, 0.1) is 13.0 Å². The van der Waals surface area contributed by atoms with E-state index in [0.717, 1.165) is 35.6 Å². The van der Waals surface area contributed by atoms with Crippen LogP contribution in [0.1, 0.15) is 47.2 Å². The fourth-order valence-corrected chi connectivity index (χ4v) is 4.18. The van der Waals surface area contributed by atoms with Gasteiger partial charge in [-0.15, -0.1) is 0 Å². The average Bonchev–Trinajstić information content (AvgIpc) is 2.97. The van der Waals surface area contributed by atoms with Crippen molar-refractivity contribution in [2.45, 2.75) is 40.2 Å². The zero-order chi connectivity index (χ0) is 20.3. The van der Waals surface area contributed by atoms with Gasteiger partial charge in [-0.05, 0) is 39.3 Å². The highest BCUT2D eigenvalue weighted by Gasteiger charge is 2.24. The molecule has 0 saturated carbocycles. The summed E-state index contributed by atoms with van der Waals surface area (Å²) in [5.41, 5.74) is 4.06. The summed E-state index contributed by atoms with van der Waals surface area (Å²) >= 11 is 0. The molecule has 0 radical (unpaired) electrons. The first-order chi connectivity index (χ1) is 13.4. The first-order valence-electron chi connectivity index (χ1n) is 10.1. The van der Waals surface area contributed by atoms with Crippen molar-refractivity contribution in [3.8, 4) is 0 Å². The van der Waals surface area contributed by atoms with Gasteiger partial charge in [-0.2, -0.15) is 0 Å². The Hall–Kier alpha value is -2.40. The van der Waals surface area contributed by atoms with E-state index in [4.69, 9.17) is 0 Å². The van der Waals surface area contributed by atoms with Gasteiger partial charge in [0.25, 0.3) is 0 Å². The van der Waals surface area contributed by atoms with Gasteiger partial charge in [-0.3, -0.25) is 14.5 Å². The van der Waals surface area contributed by atoms with Gasteiger partial charge >= 0.3 is 0 Å². The average molecular weight is 382 g/mol.